The molecule has 0 heterocycles. The maximum atomic E-state index is 11.7. The van der Waals surface area contributed by atoms with Crippen molar-refractivity contribution in [3.8, 4) is 0 Å². The molecule has 0 aliphatic heterocycles. The molecule has 7 nitrogen and oxygen atoms in total. The van der Waals surface area contributed by atoms with Crippen molar-refractivity contribution < 1.29 is 24.2 Å². The van der Waals surface area contributed by atoms with Gasteiger partial charge < -0.3 is 25.2 Å². The quantitative estimate of drug-likeness (QED) is 0.593. The molecule has 21 heavy (non-hydrogen) atoms. The van der Waals surface area contributed by atoms with Crippen molar-refractivity contribution in [2.45, 2.75) is 6.42 Å². The van der Waals surface area contributed by atoms with Gasteiger partial charge >= 0.3 is 12.0 Å². The molecule has 0 bridgehead atoms. The molecule has 0 unspecified atom stereocenters. The van der Waals surface area contributed by atoms with Crippen LogP contribution in [0, 0.1) is 0 Å². The normalized spacial score (nSPS) is 10.1. The number of anilines is 1. The average molecular weight is 296 g/mol. The van der Waals surface area contributed by atoms with Gasteiger partial charge in [-0.2, -0.15) is 0 Å². The van der Waals surface area contributed by atoms with Gasteiger partial charge in [-0.3, -0.25) is 4.79 Å². The number of carboxylic acid groups (broad SMARTS) is 1. The summed E-state index contributed by atoms with van der Waals surface area (Å²) in [6, 6.07) is 6.38. The molecule has 0 saturated heterocycles. The Kier molecular flexibility index (Phi) is 7.85. The minimum absolute atomic E-state index is 0.142. The number of carbonyl (C=O) groups is 2. The maximum absolute atomic E-state index is 11.7. The van der Waals surface area contributed by atoms with Crippen LogP contribution in [-0.2, 0) is 20.7 Å². The van der Waals surface area contributed by atoms with Gasteiger partial charge in [0.15, 0.2) is 0 Å². The van der Waals surface area contributed by atoms with Gasteiger partial charge in [0.05, 0.1) is 26.2 Å². The molecule has 1 aromatic carbocycles. The smallest absolute Gasteiger partial charge is 0.319 e. The second-order valence-electron chi connectivity index (χ2n) is 4.21. The van der Waals surface area contributed by atoms with Crippen LogP contribution in [0.5, 0.6) is 0 Å². The third kappa shape index (κ3) is 7.28. The van der Waals surface area contributed by atoms with E-state index in [1.54, 1.807) is 31.4 Å². The predicted octanol–water partition coefficient (Wildman–Crippen LogP) is 1.10. The van der Waals surface area contributed by atoms with Gasteiger partial charge in [-0.15, -0.1) is 0 Å². The minimum atomic E-state index is -0.948. The Labute approximate surface area is 123 Å². The van der Waals surface area contributed by atoms with Gasteiger partial charge in [0.25, 0.3) is 0 Å². The van der Waals surface area contributed by atoms with Crippen LogP contribution in [0.2, 0.25) is 0 Å². The van der Waals surface area contributed by atoms with Crippen molar-refractivity contribution in [1.29, 1.82) is 0 Å². The largest absolute Gasteiger partial charge is 0.481 e. The number of carbonyl (C=O) groups excluding carboxylic acids is 1. The van der Waals surface area contributed by atoms with Crippen molar-refractivity contribution >= 4 is 17.7 Å². The fraction of sp³-hybridized carbons (Fsp3) is 0.429. The summed E-state index contributed by atoms with van der Waals surface area (Å²) in [4.78, 5) is 22.4. The lowest BCUT2D eigenvalue weighted by Crippen LogP contribution is -2.32. The molecule has 3 N–H and O–H groups in total. The average Bonchev–Trinajstić information content (AvgIpc) is 2.44. The van der Waals surface area contributed by atoms with Crippen LogP contribution in [-0.4, -0.2) is 50.6 Å². The molecule has 0 atom stereocenters. The fourth-order valence-electron chi connectivity index (χ4n) is 1.61. The van der Waals surface area contributed by atoms with E-state index in [0.717, 1.165) is 0 Å². The van der Waals surface area contributed by atoms with Crippen LogP contribution in [0.25, 0.3) is 0 Å². The number of hydrogen-bond acceptors (Lipinski definition) is 4. The Morgan fingerprint density at radius 2 is 1.95 bits per heavy atom. The molecule has 0 spiro atoms. The summed E-state index contributed by atoms with van der Waals surface area (Å²) in [5, 5.41) is 14.1. The zero-order valence-corrected chi connectivity index (χ0v) is 11.9. The SMILES string of the molecule is COCCOCCNC(=O)Nc1ccccc1CC(=O)O. The highest BCUT2D eigenvalue weighted by Crippen LogP contribution is 2.15. The van der Waals surface area contributed by atoms with Crippen molar-refractivity contribution in [3.05, 3.63) is 29.8 Å². The van der Waals surface area contributed by atoms with E-state index >= 15 is 0 Å². The lowest BCUT2D eigenvalue weighted by atomic mass is 10.1. The first-order chi connectivity index (χ1) is 10.1. The molecule has 1 aromatic rings. The number of amides is 2. The monoisotopic (exact) mass is 296 g/mol. The molecule has 116 valence electrons. The number of rotatable bonds is 9. The van der Waals surface area contributed by atoms with E-state index in [9.17, 15) is 9.59 Å². The minimum Gasteiger partial charge on any atom is -0.481 e. The Morgan fingerprint density at radius 3 is 2.67 bits per heavy atom. The van der Waals surface area contributed by atoms with E-state index in [0.29, 0.717) is 37.6 Å². The number of urea groups is 1. The topological polar surface area (TPSA) is 96.9 Å². The van der Waals surface area contributed by atoms with Gasteiger partial charge in [0.2, 0.25) is 0 Å². The number of benzene rings is 1. The highest BCUT2D eigenvalue weighted by Gasteiger charge is 2.08. The highest BCUT2D eigenvalue weighted by molar-refractivity contribution is 5.90. The van der Waals surface area contributed by atoms with Crippen LogP contribution in [0.1, 0.15) is 5.56 Å². The molecule has 0 radical (unpaired) electrons. The van der Waals surface area contributed by atoms with E-state index in [-0.39, 0.29) is 6.42 Å². The number of para-hydroxylation sites is 1. The van der Waals surface area contributed by atoms with Crippen LogP contribution in [0.4, 0.5) is 10.5 Å². The van der Waals surface area contributed by atoms with Crippen molar-refractivity contribution in [3.63, 3.8) is 0 Å². The summed E-state index contributed by atoms with van der Waals surface area (Å²) in [5.74, 6) is -0.948. The molecule has 0 saturated carbocycles. The molecule has 1 rings (SSSR count). The zero-order chi connectivity index (χ0) is 15.5. The van der Waals surface area contributed by atoms with Crippen molar-refractivity contribution in [2.24, 2.45) is 0 Å². The summed E-state index contributed by atoms with van der Waals surface area (Å²) in [7, 11) is 1.59. The highest BCUT2D eigenvalue weighted by atomic mass is 16.5. The van der Waals surface area contributed by atoms with E-state index < -0.39 is 12.0 Å². The number of carboxylic acids is 1. The van der Waals surface area contributed by atoms with Crippen molar-refractivity contribution in [2.75, 3.05) is 38.8 Å². The Hall–Kier alpha value is -2.12. The molecular weight excluding hydrogens is 276 g/mol. The molecular formula is C14H20N2O5. The third-order valence-electron chi connectivity index (χ3n) is 2.57. The van der Waals surface area contributed by atoms with E-state index in [1.165, 1.54) is 0 Å². The van der Waals surface area contributed by atoms with E-state index in [1.807, 2.05) is 0 Å². The van der Waals surface area contributed by atoms with Crippen molar-refractivity contribution in [1.82, 2.24) is 5.32 Å². The van der Waals surface area contributed by atoms with E-state index in [4.69, 9.17) is 14.6 Å². The molecule has 0 aliphatic carbocycles. The molecule has 7 heteroatoms. The van der Waals surface area contributed by atoms with Gasteiger partial charge in [0.1, 0.15) is 0 Å². The van der Waals surface area contributed by atoms with Gasteiger partial charge in [0, 0.05) is 19.3 Å². The van der Waals surface area contributed by atoms with Crippen LogP contribution >= 0.6 is 0 Å². The number of ether oxygens (including phenoxy) is 2. The fourth-order valence-corrected chi connectivity index (χ4v) is 1.61. The molecule has 2 amide bonds. The summed E-state index contributed by atoms with van der Waals surface area (Å²) >= 11 is 0. The molecule has 0 aromatic heterocycles. The van der Waals surface area contributed by atoms with E-state index in [2.05, 4.69) is 10.6 Å². The summed E-state index contributed by atoms with van der Waals surface area (Å²) in [5.41, 5.74) is 1.04. The predicted molar refractivity (Wildman–Crippen MR) is 77.5 cm³/mol. The van der Waals surface area contributed by atoms with Gasteiger partial charge in [-0.1, -0.05) is 18.2 Å². The van der Waals surface area contributed by atoms with Crippen LogP contribution in [0.15, 0.2) is 24.3 Å². The Bertz CT molecular complexity index is 464. The Morgan fingerprint density at radius 1 is 1.19 bits per heavy atom. The van der Waals surface area contributed by atoms with Crippen LogP contribution in [0.3, 0.4) is 0 Å². The second kappa shape index (κ2) is 9.73. The maximum Gasteiger partial charge on any atom is 0.319 e. The number of hydrogen-bond donors (Lipinski definition) is 3. The lowest BCUT2D eigenvalue weighted by Gasteiger charge is -2.11. The molecule has 0 fully saturated rings. The second-order valence-corrected chi connectivity index (χ2v) is 4.21. The zero-order valence-electron chi connectivity index (χ0n) is 11.9. The summed E-state index contributed by atoms with van der Waals surface area (Å²) in [6.07, 6.45) is -0.142. The first-order valence-corrected chi connectivity index (χ1v) is 6.54. The number of aliphatic carboxylic acids is 1. The summed E-state index contributed by atoms with van der Waals surface area (Å²) in [6.45, 7) is 1.72. The number of methoxy groups -OCH3 is 1. The standard InChI is InChI=1S/C14H20N2O5/c1-20-8-9-21-7-6-15-14(19)16-12-5-3-2-4-11(12)10-13(17)18/h2-5H,6-10H2,1H3,(H,17,18)(H2,15,16,19). The third-order valence-corrected chi connectivity index (χ3v) is 2.57. The van der Waals surface area contributed by atoms with Crippen LogP contribution < -0.4 is 10.6 Å². The lowest BCUT2D eigenvalue weighted by molar-refractivity contribution is -0.136. The Balaban J connectivity index is 2.35. The van der Waals surface area contributed by atoms with Gasteiger partial charge in [-0.05, 0) is 11.6 Å². The first-order valence-electron chi connectivity index (χ1n) is 6.54. The first kappa shape index (κ1) is 16.9. The summed E-state index contributed by atoms with van der Waals surface area (Å²) < 4.78 is 10.0. The number of nitrogens with one attached hydrogen (secondary N) is 2. The van der Waals surface area contributed by atoms with Gasteiger partial charge in [-0.25, -0.2) is 4.79 Å². The molecule has 0 aliphatic rings.